The van der Waals surface area contributed by atoms with Gasteiger partial charge in [-0.25, -0.2) is 4.79 Å². The minimum Gasteiger partial charge on any atom is -0.444 e. The Balaban J connectivity index is 3.34. The number of carbonyl (C=O) groups is 3. The van der Waals surface area contributed by atoms with Crippen LogP contribution < -0.4 is 10.6 Å². The van der Waals surface area contributed by atoms with E-state index < -0.39 is 23.8 Å². The Morgan fingerprint density at radius 1 is 1.06 bits per heavy atom. The van der Waals surface area contributed by atoms with Crippen LogP contribution in [-0.4, -0.2) is 47.0 Å². The minimum absolute atomic E-state index is 0.207. The van der Waals surface area contributed by atoms with Crippen LogP contribution in [0.5, 0.6) is 0 Å². The molecule has 1 aromatic carbocycles. The van der Waals surface area contributed by atoms with Crippen LogP contribution in [0, 0.1) is 13.8 Å². The predicted octanol–water partition coefficient (Wildman–Crippen LogP) is 5.19. The van der Waals surface area contributed by atoms with Gasteiger partial charge in [-0.05, 0) is 72.4 Å². The van der Waals surface area contributed by atoms with Gasteiger partial charge in [0.1, 0.15) is 17.7 Å². The largest absolute Gasteiger partial charge is 0.444 e. The van der Waals surface area contributed by atoms with Crippen LogP contribution in [0.15, 0.2) is 18.2 Å². The minimum atomic E-state index is -0.856. The summed E-state index contributed by atoms with van der Waals surface area (Å²) in [7, 11) is 0. The second kappa shape index (κ2) is 13.4. The average molecular weight is 476 g/mol. The van der Waals surface area contributed by atoms with Gasteiger partial charge in [0.2, 0.25) is 11.8 Å². The third-order valence-electron chi connectivity index (χ3n) is 5.75. The molecule has 1 aromatic rings. The SMILES string of the molecule is CCCCCNC(=O)C(c1ccc(C)cc1C)N(C(=O)C(C)NC(=O)OC(C)(C)C)C(C)CC. The molecule has 0 heterocycles. The van der Waals surface area contributed by atoms with Gasteiger partial charge in [-0.2, -0.15) is 0 Å². The van der Waals surface area contributed by atoms with Crippen molar-refractivity contribution >= 4 is 17.9 Å². The summed E-state index contributed by atoms with van der Waals surface area (Å²) in [6.07, 6.45) is 2.97. The molecule has 34 heavy (non-hydrogen) atoms. The Labute approximate surface area is 206 Å². The number of ether oxygens (including phenoxy) is 1. The lowest BCUT2D eigenvalue weighted by atomic mass is 9.95. The lowest BCUT2D eigenvalue weighted by Crippen LogP contribution is -2.54. The van der Waals surface area contributed by atoms with Crippen molar-refractivity contribution in [3.63, 3.8) is 0 Å². The summed E-state index contributed by atoms with van der Waals surface area (Å²) < 4.78 is 5.33. The zero-order chi connectivity index (χ0) is 26.1. The highest BCUT2D eigenvalue weighted by Gasteiger charge is 2.37. The van der Waals surface area contributed by atoms with Gasteiger partial charge < -0.3 is 20.3 Å². The van der Waals surface area contributed by atoms with E-state index in [-0.39, 0.29) is 17.9 Å². The molecule has 0 saturated heterocycles. The normalized spacial score (nSPS) is 14.0. The average Bonchev–Trinajstić information content (AvgIpc) is 2.73. The molecule has 0 aliphatic carbocycles. The molecule has 7 heteroatoms. The Hall–Kier alpha value is -2.57. The van der Waals surface area contributed by atoms with E-state index in [0.29, 0.717) is 13.0 Å². The zero-order valence-corrected chi connectivity index (χ0v) is 22.6. The van der Waals surface area contributed by atoms with E-state index in [1.54, 1.807) is 32.6 Å². The van der Waals surface area contributed by atoms with E-state index in [1.165, 1.54) is 0 Å². The number of nitrogens with zero attached hydrogens (tertiary/aromatic N) is 1. The number of rotatable bonds is 11. The van der Waals surface area contributed by atoms with Crippen molar-refractivity contribution in [1.82, 2.24) is 15.5 Å². The molecule has 3 unspecified atom stereocenters. The molecule has 0 fully saturated rings. The number of amides is 3. The maximum atomic E-state index is 13.7. The first-order chi connectivity index (χ1) is 15.8. The van der Waals surface area contributed by atoms with Crippen LogP contribution in [0.4, 0.5) is 4.79 Å². The summed E-state index contributed by atoms with van der Waals surface area (Å²) >= 11 is 0. The van der Waals surface area contributed by atoms with Gasteiger partial charge in [-0.15, -0.1) is 0 Å². The molecule has 192 valence electrons. The highest BCUT2D eigenvalue weighted by atomic mass is 16.6. The van der Waals surface area contributed by atoms with Gasteiger partial charge in [-0.3, -0.25) is 9.59 Å². The first-order valence-electron chi connectivity index (χ1n) is 12.5. The van der Waals surface area contributed by atoms with Gasteiger partial charge in [0, 0.05) is 12.6 Å². The first-order valence-corrected chi connectivity index (χ1v) is 12.5. The number of carbonyl (C=O) groups excluding carboxylic acids is 3. The highest BCUT2D eigenvalue weighted by molar-refractivity contribution is 5.92. The van der Waals surface area contributed by atoms with E-state index in [4.69, 9.17) is 4.74 Å². The number of nitrogens with one attached hydrogen (secondary N) is 2. The van der Waals surface area contributed by atoms with Crippen molar-refractivity contribution in [2.75, 3.05) is 6.54 Å². The fraction of sp³-hybridized carbons (Fsp3) is 0.667. The van der Waals surface area contributed by atoms with Crippen molar-refractivity contribution in [2.45, 2.75) is 112 Å². The lowest BCUT2D eigenvalue weighted by Gasteiger charge is -2.38. The number of benzene rings is 1. The molecule has 0 saturated carbocycles. The van der Waals surface area contributed by atoms with Gasteiger partial charge in [0.15, 0.2) is 0 Å². The molecule has 0 aromatic heterocycles. The topological polar surface area (TPSA) is 87.7 Å². The Bertz CT molecular complexity index is 832. The smallest absolute Gasteiger partial charge is 0.408 e. The molecule has 0 bridgehead atoms. The van der Waals surface area contributed by atoms with E-state index in [2.05, 4.69) is 17.6 Å². The van der Waals surface area contributed by atoms with Crippen LogP contribution in [0.25, 0.3) is 0 Å². The van der Waals surface area contributed by atoms with Crippen molar-refractivity contribution < 1.29 is 19.1 Å². The Kier molecular flexibility index (Phi) is 11.6. The molecule has 7 nitrogen and oxygen atoms in total. The van der Waals surface area contributed by atoms with Crippen molar-refractivity contribution in [3.05, 3.63) is 34.9 Å². The predicted molar refractivity (Wildman–Crippen MR) is 137 cm³/mol. The van der Waals surface area contributed by atoms with Crippen LogP contribution in [0.1, 0.15) is 96.9 Å². The molecule has 0 spiro atoms. The maximum absolute atomic E-state index is 13.7. The van der Waals surface area contributed by atoms with Crippen molar-refractivity contribution in [1.29, 1.82) is 0 Å². The number of aryl methyl sites for hydroxylation is 2. The molecule has 3 atom stereocenters. The zero-order valence-electron chi connectivity index (χ0n) is 22.6. The fourth-order valence-electron chi connectivity index (χ4n) is 3.80. The number of unbranched alkanes of at least 4 members (excludes halogenated alkanes) is 2. The third kappa shape index (κ3) is 8.99. The monoisotopic (exact) mass is 475 g/mol. The van der Waals surface area contributed by atoms with Crippen molar-refractivity contribution in [3.8, 4) is 0 Å². The van der Waals surface area contributed by atoms with Crippen LogP contribution in [0.2, 0.25) is 0 Å². The van der Waals surface area contributed by atoms with Crippen LogP contribution in [0.3, 0.4) is 0 Å². The van der Waals surface area contributed by atoms with E-state index in [0.717, 1.165) is 36.0 Å². The maximum Gasteiger partial charge on any atom is 0.408 e. The first kappa shape index (κ1) is 29.5. The number of hydrogen-bond donors (Lipinski definition) is 2. The van der Waals surface area contributed by atoms with Gasteiger partial charge >= 0.3 is 6.09 Å². The standard InChI is InChI=1S/C27H45N3O4/c1-10-12-13-16-28-24(31)23(22-15-14-18(3)17-19(22)4)30(20(5)11-2)25(32)21(6)29-26(33)34-27(7,8)9/h14-15,17,20-21,23H,10-13,16H2,1-9H3,(H,28,31)(H,29,33). The van der Waals surface area contributed by atoms with E-state index in [1.807, 2.05) is 45.9 Å². The van der Waals surface area contributed by atoms with Crippen LogP contribution >= 0.6 is 0 Å². The van der Waals surface area contributed by atoms with E-state index in [9.17, 15) is 14.4 Å². The fourth-order valence-corrected chi connectivity index (χ4v) is 3.80. The molecule has 3 amide bonds. The molecule has 0 aliphatic heterocycles. The summed E-state index contributed by atoms with van der Waals surface area (Å²) in [5.41, 5.74) is 2.15. The third-order valence-corrected chi connectivity index (χ3v) is 5.75. The summed E-state index contributed by atoms with van der Waals surface area (Å²) in [6.45, 7) is 17.5. The molecule has 2 N–H and O–H groups in total. The van der Waals surface area contributed by atoms with Crippen LogP contribution in [-0.2, 0) is 14.3 Å². The Morgan fingerprint density at radius 3 is 2.24 bits per heavy atom. The second-order valence-corrected chi connectivity index (χ2v) is 10.1. The quantitative estimate of drug-likeness (QED) is 0.431. The van der Waals surface area contributed by atoms with E-state index >= 15 is 0 Å². The number of alkyl carbamates (subject to hydrolysis) is 1. The molecule has 1 rings (SSSR count). The lowest BCUT2D eigenvalue weighted by molar-refractivity contribution is -0.144. The second-order valence-electron chi connectivity index (χ2n) is 10.1. The van der Waals surface area contributed by atoms with Gasteiger partial charge in [0.05, 0.1) is 0 Å². The summed E-state index contributed by atoms with van der Waals surface area (Å²) in [4.78, 5) is 41.2. The Morgan fingerprint density at radius 2 is 1.71 bits per heavy atom. The summed E-state index contributed by atoms with van der Waals surface area (Å²) in [5.74, 6) is -0.532. The number of hydrogen-bond acceptors (Lipinski definition) is 4. The summed E-state index contributed by atoms with van der Waals surface area (Å²) in [6, 6.07) is 4.03. The highest BCUT2D eigenvalue weighted by Crippen LogP contribution is 2.29. The molecular weight excluding hydrogens is 430 g/mol. The molecule has 0 aliphatic rings. The molecule has 0 radical (unpaired) electrons. The molecular formula is C27H45N3O4. The van der Waals surface area contributed by atoms with Gasteiger partial charge in [-0.1, -0.05) is 50.5 Å². The summed E-state index contributed by atoms with van der Waals surface area (Å²) in [5, 5.41) is 5.68. The van der Waals surface area contributed by atoms with Crippen molar-refractivity contribution in [2.24, 2.45) is 0 Å². The van der Waals surface area contributed by atoms with Gasteiger partial charge in [0.25, 0.3) is 0 Å².